The SMILES string of the molecule is CCN[C@H](C)CNC(=O)CSCc1ccccn1.Cl.Cl. The fourth-order valence-corrected chi connectivity index (χ4v) is 2.24. The van der Waals surface area contributed by atoms with Crippen molar-refractivity contribution in [2.24, 2.45) is 0 Å². The van der Waals surface area contributed by atoms with Gasteiger partial charge in [0.25, 0.3) is 0 Å². The Labute approximate surface area is 137 Å². The summed E-state index contributed by atoms with van der Waals surface area (Å²) in [4.78, 5) is 15.8. The van der Waals surface area contributed by atoms with Crippen molar-refractivity contribution in [3.63, 3.8) is 0 Å². The second-order valence-corrected chi connectivity index (χ2v) is 5.06. The van der Waals surface area contributed by atoms with E-state index in [1.54, 1.807) is 18.0 Å². The van der Waals surface area contributed by atoms with Gasteiger partial charge in [0.15, 0.2) is 0 Å². The van der Waals surface area contributed by atoms with E-state index in [0.717, 1.165) is 18.0 Å². The number of nitrogens with one attached hydrogen (secondary N) is 2. The van der Waals surface area contributed by atoms with Crippen molar-refractivity contribution in [1.82, 2.24) is 15.6 Å². The lowest BCUT2D eigenvalue weighted by atomic mass is 10.3. The smallest absolute Gasteiger partial charge is 0.230 e. The number of rotatable bonds is 8. The lowest BCUT2D eigenvalue weighted by molar-refractivity contribution is -0.118. The summed E-state index contributed by atoms with van der Waals surface area (Å²) in [5.74, 6) is 1.34. The topological polar surface area (TPSA) is 54.0 Å². The molecule has 0 bridgehead atoms. The Balaban J connectivity index is 0. The summed E-state index contributed by atoms with van der Waals surface area (Å²) in [6.07, 6.45) is 1.77. The quantitative estimate of drug-likeness (QED) is 0.762. The van der Waals surface area contributed by atoms with Crippen LogP contribution < -0.4 is 10.6 Å². The van der Waals surface area contributed by atoms with Gasteiger partial charge >= 0.3 is 0 Å². The normalized spacial score (nSPS) is 10.9. The fourth-order valence-electron chi connectivity index (χ4n) is 1.47. The zero-order valence-corrected chi connectivity index (χ0v) is 14.2. The Morgan fingerprint density at radius 2 is 2.15 bits per heavy atom. The van der Waals surface area contributed by atoms with Gasteiger partial charge in [-0.3, -0.25) is 9.78 Å². The van der Waals surface area contributed by atoms with E-state index in [2.05, 4.69) is 29.5 Å². The molecule has 0 unspecified atom stereocenters. The molecule has 0 aromatic carbocycles. The van der Waals surface area contributed by atoms with Crippen molar-refractivity contribution in [3.8, 4) is 0 Å². The van der Waals surface area contributed by atoms with Crippen molar-refractivity contribution in [1.29, 1.82) is 0 Å². The summed E-state index contributed by atoms with van der Waals surface area (Å²) in [7, 11) is 0. The Morgan fingerprint density at radius 1 is 1.40 bits per heavy atom. The molecule has 1 rings (SSSR count). The number of likely N-dealkylation sites (N-methyl/N-ethyl adjacent to an activating group) is 1. The van der Waals surface area contributed by atoms with Crippen LogP contribution in [0.4, 0.5) is 0 Å². The van der Waals surface area contributed by atoms with Gasteiger partial charge in [-0.15, -0.1) is 36.6 Å². The average molecular weight is 340 g/mol. The zero-order valence-electron chi connectivity index (χ0n) is 11.8. The molecule has 1 amide bonds. The first-order valence-corrected chi connectivity index (χ1v) is 7.35. The van der Waals surface area contributed by atoms with Gasteiger partial charge < -0.3 is 10.6 Å². The van der Waals surface area contributed by atoms with E-state index in [1.807, 2.05) is 18.2 Å². The molecule has 0 radical (unpaired) electrons. The van der Waals surface area contributed by atoms with E-state index < -0.39 is 0 Å². The Hall–Kier alpha value is -0.490. The summed E-state index contributed by atoms with van der Waals surface area (Å²) in [5, 5.41) is 6.16. The monoisotopic (exact) mass is 339 g/mol. The summed E-state index contributed by atoms with van der Waals surface area (Å²) in [5.41, 5.74) is 1.01. The summed E-state index contributed by atoms with van der Waals surface area (Å²) in [6.45, 7) is 5.72. The highest BCUT2D eigenvalue weighted by Crippen LogP contribution is 2.08. The van der Waals surface area contributed by atoms with Crippen LogP contribution in [0.15, 0.2) is 24.4 Å². The number of aromatic nitrogens is 1. The van der Waals surface area contributed by atoms with Gasteiger partial charge in [0.2, 0.25) is 5.91 Å². The van der Waals surface area contributed by atoms with Crippen LogP contribution in [-0.2, 0) is 10.5 Å². The Kier molecular flexibility index (Phi) is 14.7. The van der Waals surface area contributed by atoms with Gasteiger partial charge in [0.1, 0.15) is 0 Å². The van der Waals surface area contributed by atoms with Crippen molar-refractivity contribution in [2.75, 3.05) is 18.8 Å². The number of carbonyl (C=O) groups is 1. The van der Waals surface area contributed by atoms with E-state index in [1.165, 1.54) is 0 Å². The molecule has 116 valence electrons. The highest BCUT2D eigenvalue weighted by atomic mass is 35.5. The highest BCUT2D eigenvalue weighted by Gasteiger charge is 2.04. The minimum Gasteiger partial charge on any atom is -0.354 e. The van der Waals surface area contributed by atoms with Crippen LogP contribution in [-0.4, -0.2) is 35.8 Å². The maximum atomic E-state index is 11.6. The second-order valence-electron chi connectivity index (χ2n) is 4.08. The van der Waals surface area contributed by atoms with E-state index >= 15 is 0 Å². The first kappa shape index (κ1) is 21.8. The molecule has 0 saturated carbocycles. The standard InChI is InChI=1S/C13H21N3OS.2ClH/c1-3-14-11(2)8-16-13(17)10-18-9-12-6-4-5-7-15-12;;/h4-7,11,14H,3,8-10H2,1-2H3,(H,16,17);2*1H/t11-;;/m1../s1. The van der Waals surface area contributed by atoms with Crippen molar-refractivity contribution >= 4 is 42.5 Å². The van der Waals surface area contributed by atoms with Crippen LogP contribution in [0.3, 0.4) is 0 Å². The summed E-state index contributed by atoms with van der Waals surface area (Å²) in [6, 6.07) is 6.14. The fraction of sp³-hybridized carbons (Fsp3) is 0.538. The second kappa shape index (κ2) is 13.5. The van der Waals surface area contributed by atoms with Gasteiger partial charge in [-0.05, 0) is 25.6 Å². The predicted molar refractivity (Wildman–Crippen MR) is 91.0 cm³/mol. The Bertz CT molecular complexity index is 355. The van der Waals surface area contributed by atoms with Crippen LogP contribution in [0.2, 0.25) is 0 Å². The number of pyridine rings is 1. The third kappa shape index (κ3) is 10.3. The van der Waals surface area contributed by atoms with Crippen molar-refractivity contribution in [2.45, 2.75) is 25.6 Å². The first-order valence-electron chi connectivity index (χ1n) is 6.20. The van der Waals surface area contributed by atoms with Gasteiger partial charge in [0, 0.05) is 24.5 Å². The van der Waals surface area contributed by atoms with E-state index in [4.69, 9.17) is 0 Å². The van der Waals surface area contributed by atoms with Crippen LogP contribution in [0, 0.1) is 0 Å². The molecule has 1 atom stereocenters. The molecular formula is C13H23Cl2N3OS. The number of halogens is 2. The molecule has 0 spiro atoms. The van der Waals surface area contributed by atoms with Crippen LogP contribution in [0.25, 0.3) is 0 Å². The molecular weight excluding hydrogens is 317 g/mol. The van der Waals surface area contributed by atoms with E-state index in [9.17, 15) is 4.79 Å². The Morgan fingerprint density at radius 3 is 2.75 bits per heavy atom. The largest absolute Gasteiger partial charge is 0.354 e. The number of thioether (sulfide) groups is 1. The molecule has 1 heterocycles. The number of carbonyl (C=O) groups excluding carboxylic acids is 1. The third-order valence-corrected chi connectivity index (χ3v) is 3.33. The minimum absolute atomic E-state index is 0. The number of hydrogen-bond acceptors (Lipinski definition) is 4. The maximum Gasteiger partial charge on any atom is 0.230 e. The van der Waals surface area contributed by atoms with E-state index in [-0.39, 0.29) is 30.7 Å². The molecule has 0 aliphatic carbocycles. The first-order chi connectivity index (χ1) is 8.72. The number of amides is 1. The van der Waals surface area contributed by atoms with E-state index in [0.29, 0.717) is 18.3 Å². The molecule has 20 heavy (non-hydrogen) atoms. The number of hydrogen-bond donors (Lipinski definition) is 2. The molecule has 2 N–H and O–H groups in total. The average Bonchev–Trinajstić information content (AvgIpc) is 2.38. The lowest BCUT2D eigenvalue weighted by Crippen LogP contribution is -2.39. The van der Waals surface area contributed by atoms with Crippen molar-refractivity contribution in [3.05, 3.63) is 30.1 Å². The number of nitrogens with zero attached hydrogens (tertiary/aromatic N) is 1. The van der Waals surface area contributed by atoms with Crippen LogP contribution >= 0.6 is 36.6 Å². The predicted octanol–water partition coefficient (Wildman–Crippen LogP) is 2.27. The van der Waals surface area contributed by atoms with Gasteiger partial charge in [-0.2, -0.15) is 0 Å². The molecule has 0 aliphatic heterocycles. The molecule has 1 aromatic rings. The lowest BCUT2D eigenvalue weighted by Gasteiger charge is -2.12. The van der Waals surface area contributed by atoms with Crippen LogP contribution in [0.5, 0.6) is 0 Å². The minimum atomic E-state index is 0. The zero-order chi connectivity index (χ0) is 13.2. The summed E-state index contributed by atoms with van der Waals surface area (Å²) >= 11 is 1.58. The molecule has 0 aliphatic rings. The molecule has 4 nitrogen and oxygen atoms in total. The molecule has 0 fully saturated rings. The summed E-state index contributed by atoms with van der Waals surface area (Å²) < 4.78 is 0. The molecule has 1 aromatic heterocycles. The third-order valence-electron chi connectivity index (χ3n) is 2.37. The van der Waals surface area contributed by atoms with Gasteiger partial charge in [-0.1, -0.05) is 13.0 Å². The maximum absolute atomic E-state index is 11.6. The van der Waals surface area contributed by atoms with Crippen LogP contribution in [0.1, 0.15) is 19.5 Å². The van der Waals surface area contributed by atoms with Gasteiger partial charge in [0.05, 0.1) is 11.4 Å². The molecule has 7 heteroatoms. The molecule has 0 saturated heterocycles. The van der Waals surface area contributed by atoms with Gasteiger partial charge in [-0.25, -0.2) is 0 Å². The highest BCUT2D eigenvalue weighted by molar-refractivity contribution is 7.99. The van der Waals surface area contributed by atoms with Crippen molar-refractivity contribution < 1.29 is 4.79 Å².